The van der Waals surface area contributed by atoms with Crippen LogP contribution in [0.25, 0.3) is 0 Å². The number of rotatable bonds is 7. The maximum Gasteiger partial charge on any atom is 0.264 e. The van der Waals surface area contributed by atoms with Crippen molar-refractivity contribution in [3.05, 3.63) is 53.6 Å². The minimum atomic E-state index is -3.76. The maximum absolute atomic E-state index is 13.0. The summed E-state index contributed by atoms with van der Waals surface area (Å²) in [6.45, 7) is 5.72. The van der Waals surface area contributed by atoms with Gasteiger partial charge < -0.3 is 10.1 Å². The van der Waals surface area contributed by atoms with Gasteiger partial charge in [-0.15, -0.1) is 0 Å². The van der Waals surface area contributed by atoms with E-state index in [2.05, 4.69) is 5.32 Å². The van der Waals surface area contributed by atoms with Crippen molar-refractivity contribution in [2.75, 3.05) is 18.5 Å². The molecule has 146 valence electrons. The minimum absolute atomic E-state index is 0.0445. The summed E-state index contributed by atoms with van der Waals surface area (Å²) in [6, 6.07) is 11.3. The van der Waals surface area contributed by atoms with Gasteiger partial charge in [-0.05, 0) is 62.2 Å². The summed E-state index contributed by atoms with van der Waals surface area (Å²) in [5, 5.41) is 2.89. The van der Waals surface area contributed by atoms with Crippen molar-refractivity contribution in [1.82, 2.24) is 5.32 Å². The van der Waals surface area contributed by atoms with Crippen LogP contribution in [0.5, 0.6) is 5.75 Å². The second-order valence-corrected chi connectivity index (χ2v) is 8.40. The quantitative estimate of drug-likeness (QED) is 0.787. The second kappa shape index (κ2) is 8.43. The van der Waals surface area contributed by atoms with Crippen LogP contribution in [0.15, 0.2) is 47.4 Å². The van der Waals surface area contributed by atoms with E-state index in [1.807, 2.05) is 20.8 Å². The van der Waals surface area contributed by atoms with Crippen molar-refractivity contribution >= 4 is 21.6 Å². The number of ether oxygens (including phenoxy) is 1. The standard InChI is InChI=1S/C20H26N2O4S/c1-6-15(3)21-20(23)16-8-7-14(2)19(13-16)22(4)27(24,25)18-11-9-17(26-5)10-12-18/h7-13,15H,6H2,1-5H3,(H,21,23)/t15-/m0/s1. The van der Waals surface area contributed by atoms with Crippen molar-refractivity contribution in [3.8, 4) is 5.75 Å². The molecule has 0 bridgehead atoms. The fourth-order valence-corrected chi connectivity index (χ4v) is 3.79. The van der Waals surface area contributed by atoms with Crippen LogP contribution in [0.1, 0.15) is 36.2 Å². The molecule has 0 spiro atoms. The van der Waals surface area contributed by atoms with E-state index in [1.54, 1.807) is 30.3 Å². The van der Waals surface area contributed by atoms with Gasteiger partial charge in [-0.2, -0.15) is 0 Å². The number of benzene rings is 2. The first kappa shape index (κ1) is 20.8. The highest BCUT2D eigenvalue weighted by molar-refractivity contribution is 7.92. The van der Waals surface area contributed by atoms with Crippen molar-refractivity contribution < 1.29 is 17.9 Å². The number of amides is 1. The Morgan fingerprint density at radius 3 is 2.37 bits per heavy atom. The molecule has 2 rings (SSSR count). The van der Waals surface area contributed by atoms with Gasteiger partial charge in [0.2, 0.25) is 0 Å². The zero-order chi connectivity index (χ0) is 20.2. The second-order valence-electron chi connectivity index (χ2n) is 6.43. The van der Waals surface area contributed by atoms with Crippen molar-refractivity contribution in [1.29, 1.82) is 0 Å². The average Bonchev–Trinajstić information content (AvgIpc) is 2.67. The summed E-state index contributed by atoms with van der Waals surface area (Å²) in [5.74, 6) is 0.359. The molecule has 2 aromatic rings. The Balaban J connectivity index is 2.37. The third-order valence-electron chi connectivity index (χ3n) is 4.52. The fraction of sp³-hybridized carbons (Fsp3) is 0.350. The molecule has 0 radical (unpaired) electrons. The molecule has 0 saturated carbocycles. The van der Waals surface area contributed by atoms with Gasteiger partial charge >= 0.3 is 0 Å². The number of nitrogens with one attached hydrogen (secondary N) is 1. The molecule has 0 unspecified atom stereocenters. The number of hydrogen-bond acceptors (Lipinski definition) is 4. The normalized spacial score (nSPS) is 12.3. The summed E-state index contributed by atoms with van der Waals surface area (Å²) in [6.07, 6.45) is 0.816. The predicted molar refractivity (Wildman–Crippen MR) is 107 cm³/mol. The van der Waals surface area contributed by atoms with Gasteiger partial charge in [-0.25, -0.2) is 8.42 Å². The molecule has 1 N–H and O–H groups in total. The van der Waals surface area contributed by atoms with Gasteiger partial charge in [0.15, 0.2) is 0 Å². The monoisotopic (exact) mass is 390 g/mol. The first-order chi connectivity index (χ1) is 12.7. The number of anilines is 1. The molecular weight excluding hydrogens is 364 g/mol. The van der Waals surface area contributed by atoms with Crippen molar-refractivity contribution in [2.24, 2.45) is 0 Å². The number of hydrogen-bond donors (Lipinski definition) is 1. The molecular formula is C20H26N2O4S. The molecule has 27 heavy (non-hydrogen) atoms. The van der Waals surface area contributed by atoms with Crippen LogP contribution < -0.4 is 14.4 Å². The topological polar surface area (TPSA) is 75.7 Å². The van der Waals surface area contributed by atoms with E-state index in [4.69, 9.17) is 4.74 Å². The molecule has 0 aliphatic carbocycles. The van der Waals surface area contributed by atoms with Crippen LogP contribution in [-0.2, 0) is 10.0 Å². The first-order valence-corrected chi connectivity index (χ1v) is 10.2. The highest BCUT2D eigenvalue weighted by Crippen LogP contribution is 2.27. The fourth-order valence-electron chi connectivity index (χ4n) is 2.53. The number of aryl methyl sites for hydroxylation is 1. The summed E-state index contributed by atoms with van der Waals surface area (Å²) in [7, 11) is -0.756. The van der Waals surface area contributed by atoms with E-state index < -0.39 is 10.0 Å². The molecule has 0 fully saturated rings. The van der Waals surface area contributed by atoms with Crippen LogP contribution in [-0.4, -0.2) is 34.5 Å². The van der Waals surface area contributed by atoms with Crippen LogP contribution in [0.2, 0.25) is 0 Å². The summed E-state index contributed by atoms with van der Waals surface area (Å²) >= 11 is 0. The largest absolute Gasteiger partial charge is 0.497 e. The van der Waals surface area contributed by atoms with Crippen LogP contribution in [0.3, 0.4) is 0 Å². The molecule has 1 amide bonds. The van der Waals surface area contributed by atoms with Gasteiger partial charge in [-0.3, -0.25) is 9.10 Å². The molecule has 6 nitrogen and oxygen atoms in total. The summed E-state index contributed by atoms with van der Waals surface area (Å²) in [4.78, 5) is 12.5. The lowest BCUT2D eigenvalue weighted by Crippen LogP contribution is -2.32. The Bertz CT molecular complexity index is 908. The molecule has 1 atom stereocenters. The van der Waals surface area contributed by atoms with E-state index >= 15 is 0 Å². The van der Waals surface area contributed by atoms with Crippen LogP contribution >= 0.6 is 0 Å². The predicted octanol–water partition coefficient (Wildman–Crippen LogP) is 3.36. The molecule has 0 saturated heterocycles. The van der Waals surface area contributed by atoms with Gasteiger partial charge in [0.05, 0.1) is 17.7 Å². The van der Waals surface area contributed by atoms with Crippen LogP contribution in [0, 0.1) is 6.92 Å². The Labute approximate surface area is 161 Å². The number of sulfonamides is 1. The van der Waals surface area contributed by atoms with Crippen molar-refractivity contribution in [3.63, 3.8) is 0 Å². The Morgan fingerprint density at radius 1 is 1.19 bits per heavy atom. The van der Waals surface area contributed by atoms with Crippen molar-refractivity contribution in [2.45, 2.75) is 38.1 Å². The third-order valence-corrected chi connectivity index (χ3v) is 6.30. The molecule has 2 aromatic carbocycles. The van der Waals surface area contributed by atoms with E-state index in [0.717, 1.165) is 12.0 Å². The first-order valence-electron chi connectivity index (χ1n) is 8.75. The lowest BCUT2D eigenvalue weighted by atomic mass is 10.1. The molecule has 0 aliphatic rings. The molecule has 0 heterocycles. The van der Waals surface area contributed by atoms with Gasteiger partial charge in [0.25, 0.3) is 15.9 Å². The summed E-state index contributed by atoms with van der Waals surface area (Å²) in [5.41, 5.74) is 1.64. The Kier molecular flexibility index (Phi) is 6.49. The zero-order valence-electron chi connectivity index (χ0n) is 16.3. The molecule has 0 aromatic heterocycles. The van der Waals surface area contributed by atoms with E-state index in [1.165, 1.54) is 30.6 Å². The summed E-state index contributed by atoms with van der Waals surface area (Å²) < 4.78 is 32.2. The highest BCUT2D eigenvalue weighted by Gasteiger charge is 2.23. The third kappa shape index (κ3) is 4.60. The molecule has 7 heteroatoms. The SMILES string of the molecule is CC[C@H](C)NC(=O)c1ccc(C)c(N(C)S(=O)(=O)c2ccc(OC)cc2)c1. The maximum atomic E-state index is 13.0. The highest BCUT2D eigenvalue weighted by atomic mass is 32.2. The lowest BCUT2D eigenvalue weighted by Gasteiger charge is -2.22. The number of carbonyl (C=O) groups is 1. The number of nitrogens with zero attached hydrogens (tertiary/aromatic N) is 1. The average molecular weight is 391 g/mol. The Hall–Kier alpha value is -2.54. The van der Waals surface area contributed by atoms with Crippen LogP contribution in [0.4, 0.5) is 5.69 Å². The number of carbonyl (C=O) groups excluding carboxylic acids is 1. The number of methoxy groups -OCH3 is 1. The lowest BCUT2D eigenvalue weighted by molar-refractivity contribution is 0.0939. The zero-order valence-corrected chi connectivity index (χ0v) is 17.1. The van der Waals surface area contributed by atoms with Gasteiger partial charge in [0, 0.05) is 18.7 Å². The van der Waals surface area contributed by atoms with E-state index in [0.29, 0.717) is 17.0 Å². The van der Waals surface area contributed by atoms with E-state index in [-0.39, 0.29) is 16.8 Å². The van der Waals surface area contributed by atoms with Gasteiger partial charge in [-0.1, -0.05) is 13.0 Å². The molecule has 0 aliphatic heterocycles. The Morgan fingerprint density at radius 2 is 1.81 bits per heavy atom. The van der Waals surface area contributed by atoms with Gasteiger partial charge in [0.1, 0.15) is 5.75 Å². The smallest absolute Gasteiger partial charge is 0.264 e. The van der Waals surface area contributed by atoms with E-state index in [9.17, 15) is 13.2 Å². The minimum Gasteiger partial charge on any atom is -0.497 e.